The highest BCUT2D eigenvalue weighted by molar-refractivity contribution is 6.07. The summed E-state index contributed by atoms with van der Waals surface area (Å²) in [6.45, 7) is 1.71. The summed E-state index contributed by atoms with van der Waals surface area (Å²) in [6.07, 6.45) is 2.90. The van der Waals surface area contributed by atoms with Gasteiger partial charge in [0.25, 0.3) is 5.91 Å². The van der Waals surface area contributed by atoms with Gasteiger partial charge in [-0.15, -0.1) is 0 Å². The smallest absolute Gasteiger partial charge is 0.259 e. The molecular formula is C13H12FN3O. The first-order valence-electron chi connectivity index (χ1n) is 5.35. The number of hydrogen-bond donors (Lipinski definition) is 2. The van der Waals surface area contributed by atoms with Crippen LogP contribution in [0, 0.1) is 12.7 Å². The highest BCUT2D eigenvalue weighted by Gasteiger charge is 2.11. The van der Waals surface area contributed by atoms with Crippen LogP contribution in [0.2, 0.25) is 0 Å². The summed E-state index contributed by atoms with van der Waals surface area (Å²) < 4.78 is 12.9. The molecule has 0 aliphatic rings. The molecule has 18 heavy (non-hydrogen) atoms. The number of nitrogens with one attached hydrogen (secondary N) is 1. The van der Waals surface area contributed by atoms with Gasteiger partial charge >= 0.3 is 0 Å². The van der Waals surface area contributed by atoms with E-state index in [-0.39, 0.29) is 11.7 Å². The first kappa shape index (κ1) is 12.0. The number of benzene rings is 1. The third-order valence-electron chi connectivity index (χ3n) is 2.54. The predicted octanol–water partition coefficient (Wildman–Crippen LogP) is 2.36. The van der Waals surface area contributed by atoms with Crippen LogP contribution in [0.15, 0.2) is 36.7 Å². The van der Waals surface area contributed by atoms with Crippen molar-refractivity contribution in [2.75, 3.05) is 11.1 Å². The van der Waals surface area contributed by atoms with Crippen LogP contribution in [0.25, 0.3) is 0 Å². The summed E-state index contributed by atoms with van der Waals surface area (Å²) in [5.41, 5.74) is 7.51. The predicted molar refractivity (Wildman–Crippen MR) is 67.7 cm³/mol. The lowest BCUT2D eigenvalue weighted by molar-refractivity contribution is 0.102. The standard InChI is InChI=1S/C13H12FN3O/c1-8-6-9(14)2-3-12(8)17-13(18)10-7-16-5-4-11(10)15/h2-7H,1H3,(H2,15,16)(H,17,18). The van der Waals surface area contributed by atoms with Gasteiger partial charge < -0.3 is 11.1 Å². The van der Waals surface area contributed by atoms with E-state index in [1.807, 2.05) is 0 Å². The fourth-order valence-electron chi connectivity index (χ4n) is 1.55. The molecule has 1 aromatic carbocycles. The zero-order chi connectivity index (χ0) is 13.1. The van der Waals surface area contributed by atoms with Gasteiger partial charge in [0.15, 0.2) is 0 Å². The summed E-state index contributed by atoms with van der Waals surface area (Å²) in [5.74, 6) is -0.707. The van der Waals surface area contributed by atoms with Gasteiger partial charge in [0, 0.05) is 23.8 Å². The minimum Gasteiger partial charge on any atom is -0.398 e. The van der Waals surface area contributed by atoms with Crippen LogP contribution in [-0.2, 0) is 0 Å². The highest BCUT2D eigenvalue weighted by atomic mass is 19.1. The Balaban J connectivity index is 2.24. The second kappa shape index (κ2) is 4.83. The molecule has 0 aliphatic carbocycles. The molecule has 0 spiro atoms. The van der Waals surface area contributed by atoms with Crippen LogP contribution < -0.4 is 11.1 Å². The minimum atomic E-state index is -0.365. The van der Waals surface area contributed by atoms with E-state index >= 15 is 0 Å². The zero-order valence-electron chi connectivity index (χ0n) is 9.77. The van der Waals surface area contributed by atoms with Gasteiger partial charge in [-0.2, -0.15) is 0 Å². The summed E-state index contributed by atoms with van der Waals surface area (Å²) in [5, 5.41) is 2.67. The second-order valence-electron chi connectivity index (χ2n) is 3.88. The van der Waals surface area contributed by atoms with Crippen LogP contribution in [0.3, 0.4) is 0 Å². The molecule has 0 fully saturated rings. The Morgan fingerprint density at radius 3 is 2.83 bits per heavy atom. The molecule has 1 amide bonds. The van der Waals surface area contributed by atoms with Crippen molar-refractivity contribution in [3.05, 3.63) is 53.6 Å². The van der Waals surface area contributed by atoms with Crippen molar-refractivity contribution in [1.29, 1.82) is 0 Å². The number of halogens is 1. The van der Waals surface area contributed by atoms with Gasteiger partial charge in [-0.05, 0) is 36.8 Å². The first-order valence-corrected chi connectivity index (χ1v) is 5.35. The van der Waals surface area contributed by atoms with Gasteiger partial charge in [0.05, 0.1) is 5.56 Å². The van der Waals surface area contributed by atoms with Crippen molar-refractivity contribution < 1.29 is 9.18 Å². The number of carbonyl (C=O) groups excluding carboxylic acids is 1. The number of rotatable bonds is 2. The maximum Gasteiger partial charge on any atom is 0.259 e. The van der Waals surface area contributed by atoms with E-state index < -0.39 is 0 Å². The van der Waals surface area contributed by atoms with Gasteiger partial charge in [-0.3, -0.25) is 9.78 Å². The van der Waals surface area contributed by atoms with Crippen molar-refractivity contribution in [2.45, 2.75) is 6.92 Å². The Hall–Kier alpha value is -2.43. The van der Waals surface area contributed by atoms with Crippen LogP contribution in [-0.4, -0.2) is 10.9 Å². The molecule has 2 aromatic rings. The number of nitrogens with two attached hydrogens (primary N) is 1. The van der Waals surface area contributed by atoms with Crippen LogP contribution in [0.1, 0.15) is 15.9 Å². The third-order valence-corrected chi connectivity index (χ3v) is 2.54. The third kappa shape index (κ3) is 2.45. The number of aryl methyl sites for hydroxylation is 1. The van der Waals surface area contributed by atoms with Crippen molar-refractivity contribution in [3.8, 4) is 0 Å². The van der Waals surface area contributed by atoms with Crippen molar-refractivity contribution in [3.63, 3.8) is 0 Å². The molecule has 1 aromatic heterocycles. The molecule has 0 unspecified atom stereocenters. The van der Waals surface area contributed by atoms with Crippen molar-refractivity contribution >= 4 is 17.3 Å². The monoisotopic (exact) mass is 245 g/mol. The topological polar surface area (TPSA) is 68.0 Å². The molecule has 1 heterocycles. The van der Waals surface area contributed by atoms with Gasteiger partial charge in [-0.1, -0.05) is 0 Å². The number of anilines is 2. The van der Waals surface area contributed by atoms with E-state index in [1.54, 1.807) is 13.0 Å². The maximum atomic E-state index is 12.9. The number of pyridine rings is 1. The molecule has 3 N–H and O–H groups in total. The molecule has 5 heteroatoms. The molecule has 2 rings (SSSR count). The average Bonchev–Trinajstić information content (AvgIpc) is 2.33. The summed E-state index contributed by atoms with van der Waals surface area (Å²) >= 11 is 0. The normalized spacial score (nSPS) is 10.1. The van der Waals surface area contributed by atoms with Crippen LogP contribution >= 0.6 is 0 Å². The van der Waals surface area contributed by atoms with Gasteiger partial charge in [0.1, 0.15) is 5.82 Å². The summed E-state index contributed by atoms with van der Waals surface area (Å²) in [7, 11) is 0. The Kier molecular flexibility index (Phi) is 3.23. The van der Waals surface area contributed by atoms with Crippen molar-refractivity contribution in [1.82, 2.24) is 4.98 Å². The molecule has 0 aliphatic heterocycles. The van der Waals surface area contributed by atoms with E-state index in [0.717, 1.165) is 0 Å². The fraction of sp³-hybridized carbons (Fsp3) is 0.0769. The largest absolute Gasteiger partial charge is 0.398 e. The van der Waals surface area contributed by atoms with E-state index in [1.165, 1.54) is 30.6 Å². The fourth-order valence-corrected chi connectivity index (χ4v) is 1.55. The zero-order valence-corrected chi connectivity index (χ0v) is 9.77. The SMILES string of the molecule is Cc1cc(F)ccc1NC(=O)c1cnccc1N. The van der Waals surface area contributed by atoms with E-state index in [4.69, 9.17) is 5.73 Å². The number of nitrogens with zero attached hydrogens (tertiary/aromatic N) is 1. The number of hydrogen-bond acceptors (Lipinski definition) is 3. The second-order valence-corrected chi connectivity index (χ2v) is 3.88. The number of amides is 1. The Morgan fingerprint density at radius 2 is 2.17 bits per heavy atom. The summed E-state index contributed by atoms with van der Waals surface area (Å²) in [4.78, 5) is 15.8. The molecule has 0 atom stereocenters. The van der Waals surface area contributed by atoms with Crippen LogP contribution in [0.4, 0.5) is 15.8 Å². The Labute approximate surface area is 104 Å². The minimum absolute atomic E-state index is 0.293. The highest BCUT2D eigenvalue weighted by Crippen LogP contribution is 2.18. The number of aromatic nitrogens is 1. The van der Waals surface area contributed by atoms with E-state index in [2.05, 4.69) is 10.3 Å². The van der Waals surface area contributed by atoms with Crippen molar-refractivity contribution in [2.24, 2.45) is 0 Å². The molecule has 0 bridgehead atoms. The van der Waals surface area contributed by atoms with Crippen LogP contribution in [0.5, 0.6) is 0 Å². The van der Waals surface area contributed by atoms with E-state index in [0.29, 0.717) is 22.5 Å². The number of nitrogen functional groups attached to an aromatic ring is 1. The molecule has 0 saturated carbocycles. The summed E-state index contributed by atoms with van der Waals surface area (Å²) in [6, 6.07) is 5.69. The van der Waals surface area contributed by atoms with Gasteiger partial charge in [-0.25, -0.2) is 4.39 Å². The molecule has 4 nitrogen and oxygen atoms in total. The lowest BCUT2D eigenvalue weighted by atomic mass is 10.1. The quantitative estimate of drug-likeness (QED) is 0.853. The molecule has 92 valence electrons. The molecule has 0 saturated heterocycles. The molecule has 0 radical (unpaired) electrons. The maximum absolute atomic E-state index is 12.9. The molecular weight excluding hydrogens is 233 g/mol. The van der Waals surface area contributed by atoms with E-state index in [9.17, 15) is 9.18 Å². The first-order chi connectivity index (χ1) is 8.58. The lowest BCUT2D eigenvalue weighted by Gasteiger charge is -2.09. The van der Waals surface area contributed by atoms with Gasteiger partial charge in [0.2, 0.25) is 0 Å². The average molecular weight is 245 g/mol. The lowest BCUT2D eigenvalue weighted by Crippen LogP contribution is -2.15. The Morgan fingerprint density at radius 1 is 1.39 bits per heavy atom. The number of carbonyl (C=O) groups is 1. The Bertz CT molecular complexity index is 599.